The number of carbonyl (C=O) groups excluding carboxylic acids is 3. The fourth-order valence-corrected chi connectivity index (χ4v) is 4.69. The van der Waals surface area contributed by atoms with Crippen molar-refractivity contribution in [3.8, 4) is 0 Å². The van der Waals surface area contributed by atoms with Crippen LogP contribution < -0.4 is 4.90 Å². The molecule has 8 nitrogen and oxygen atoms in total. The van der Waals surface area contributed by atoms with Gasteiger partial charge >= 0.3 is 0 Å². The van der Waals surface area contributed by atoms with E-state index in [1.807, 2.05) is 29.2 Å². The van der Waals surface area contributed by atoms with Gasteiger partial charge in [-0.05, 0) is 31.5 Å². The number of amides is 2. The Balaban J connectivity index is 1.17. The summed E-state index contributed by atoms with van der Waals surface area (Å²) in [4.78, 5) is 45.7. The number of hydrogen-bond donors (Lipinski definition) is 0. The molecule has 2 saturated heterocycles. The highest BCUT2D eigenvalue weighted by Crippen LogP contribution is 2.27. The number of ether oxygens (including phenoxy) is 1. The second-order valence-electron chi connectivity index (χ2n) is 8.80. The molecule has 0 aliphatic carbocycles. The maximum absolute atomic E-state index is 12.6. The van der Waals surface area contributed by atoms with Gasteiger partial charge in [0.1, 0.15) is 0 Å². The average Bonchev–Trinajstić information content (AvgIpc) is 2.95. The minimum Gasteiger partial charge on any atom is -0.378 e. The Hall–Kier alpha value is -2.29. The third-order valence-electron chi connectivity index (χ3n) is 6.66. The van der Waals surface area contributed by atoms with E-state index in [1.54, 1.807) is 4.90 Å². The molecular formula is C24H34N4O4. The summed E-state index contributed by atoms with van der Waals surface area (Å²) >= 11 is 0. The summed E-state index contributed by atoms with van der Waals surface area (Å²) in [6, 6.07) is 7.46. The number of benzene rings is 1. The number of nitrogens with zero attached hydrogens (tertiary/aromatic N) is 4. The molecule has 0 spiro atoms. The fourth-order valence-electron chi connectivity index (χ4n) is 4.69. The Bertz CT molecular complexity index is 816. The van der Waals surface area contributed by atoms with Gasteiger partial charge in [-0.25, -0.2) is 0 Å². The lowest BCUT2D eigenvalue weighted by molar-refractivity contribution is -0.136. The lowest BCUT2D eigenvalue weighted by atomic mass is 10.1. The monoisotopic (exact) mass is 442 g/mol. The molecule has 1 aromatic rings. The predicted molar refractivity (Wildman–Crippen MR) is 122 cm³/mol. The number of Topliss-reactive ketones (excluding diaryl/α,β-unsaturated/α-hetero) is 1. The van der Waals surface area contributed by atoms with E-state index in [0.717, 1.165) is 51.3 Å². The van der Waals surface area contributed by atoms with Gasteiger partial charge in [0.25, 0.3) is 0 Å². The van der Waals surface area contributed by atoms with E-state index in [9.17, 15) is 14.4 Å². The molecule has 2 fully saturated rings. The highest BCUT2D eigenvalue weighted by atomic mass is 16.5. The number of fused-ring (bicyclic) bond motifs is 1. The third-order valence-corrected chi connectivity index (χ3v) is 6.66. The van der Waals surface area contributed by atoms with Crippen LogP contribution in [0, 0.1) is 0 Å². The molecule has 3 heterocycles. The number of rotatable bonds is 7. The first-order valence-electron chi connectivity index (χ1n) is 11.8. The Kier molecular flexibility index (Phi) is 7.89. The first kappa shape index (κ1) is 22.9. The molecule has 0 atom stereocenters. The van der Waals surface area contributed by atoms with Gasteiger partial charge in [-0.1, -0.05) is 12.1 Å². The number of para-hydroxylation sites is 1. The summed E-state index contributed by atoms with van der Waals surface area (Å²) in [5.74, 6) is 0.311. The van der Waals surface area contributed by atoms with Crippen LogP contribution in [0.1, 0.15) is 36.0 Å². The van der Waals surface area contributed by atoms with Crippen molar-refractivity contribution in [2.24, 2.45) is 0 Å². The second kappa shape index (κ2) is 11.0. The van der Waals surface area contributed by atoms with E-state index >= 15 is 0 Å². The Morgan fingerprint density at radius 2 is 1.53 bits per heavy atom. The van der Waals surface area contributed by atoms with Gasteiger partial charge in [0.15, 0.2) is 5.78 Å². The Morgan fingerprint density at radius 3 is 2.31 bits per heavy atom. The van der Waals surface area contributed by atoms with Gasteiger partial charge in [0.2, 0.25) is 11.8 Å². The van der Waals surface area contributed by atoms with Gasteiger partial charge in [-0.15, -0.1) is 0 Å². The number of ketones is 1. The van der Waals surface area contributed by atoms with Crippen LogP contribution in [0.4, 0.5) is 5.69 Å². The molecule has 32 heavy (non-hydrogen) atoms. The molecule has 0 unspecified atom stereocenters. The zero-order valence-corrected chi connectivity index (χ0v) is 18.8. The molecule has 8 heteroatoms. The fraction of sp³-hybridized carbons (Fsp3) is 0.625. The number of piperazine rings is 1. The Labute approximate surface area is 190 Å². The molecule has 1 aromatic carbocycles. The van der Waals surface area contributed by atoms with E-state index in [0.29, 0.717) is 57.8 Å². The van der Waals surface area contributed by atoms with Crippen molar-refractivity contribution in [1.29, 1.82) is 0 Å². The van der Waals surface area contributed by atoms with Crippen LogP contribution in [0.2, 0.25) is 0 Å². The van der Waals surface area contributed by atoms with Crippen LogP contribution in [0.3, 0.4) is 0 Å². The van der Waals surface area contributed by atoms with E-state index < -0.39 is 0 Å². The minimum atomic E-state index is 0.0434. The Morgan fingerprint density at radius 1 is 0.844 bits per heavy atom. The van der Waals surface area contributed by atoms with Crippen molar-refractivity contribution in [2.75, 3.05) is 77.0 Å². The van der Waals surface area contributed by atoms with Crippen LogP contribution in [-0.4, -0.2) is 104 Å². The number of unbranched alkanes of at least 4 members (excludes halogenated alkanes) is 1. The van der Waals surface area contributed by atoms with E-state index in [2.05, 4.69) is 9.80 Å². The quantitative estimate of drug-likeness (QED) is 0.592. The molecule has 0 radical (unpaired) electrons. The van der Waals surface area contributed by atoms with Gasteiger partial charge in [-0.3, -0.25) is 19.3 Å². The average molecular weight is 443 g/mol. The van der Waals surface area contributed by atoms with Crippen molar-refractivity contribution in [3.63, 3.8) is 0 Å². The lowest BCUT2D eigenvalue weighted by Gasteiger charge is -2.36. The largest absolute Gasteiger partial charge is 0.378 e. The van der Waals surface area contributed by atoms with Gasteiger partial charge in [0, 0.05) is 64.2 Å². The summed E-state index contributed by atoms with van der Waals surface area (Å²) in [6.07, 6.45) is 2.50. The molecule has 2 amide bonds. The summed E-state index contributed by atoms with van der Waals surface area (Å²) < 4.78 is 5.32. The van der Waals surface area contributed by atoms with Crippen LogP contribution >= 0.6 is 0 Å². The lowest BCUT2D eigenvalue weighted by Crippen LogP contribution is -2.51. The number of carbonyl (C=O) groups is 3. The van der Waals surface area contributed by atoms with Crippen LogP contribution in [0.5, 0.6) is 0 Å². The molecule has 174 valence electrons. The number of morpholine rings is 1. The van der Waals surface area contributed by atoms with Crippen molar-refractivity contribution >= 4 is 23.3 Å². The summed E-state index contributed by atoms with van der Waals surface area (Å²) in [7, 11) is 0. The van der Waals surface area contributed by atoms with E-state index in [4.69, 9.17) is 4.74 Å². The number of hydrogen-bond acceptors (Lipinski definition) is 6. The molecule has 3 aliphatic heterocycles. The summed E-state index contributed by atoms with van der Waals surface area (Å²) in [5, 5.41) is 0. The van der Waals surface area contributed by atoms with Crippen molar-refractivity contribution < 1.29 is 19.1 Å². The smallest absolute Gasteiger partial charge is 0.236 e. The topological polar surface area (TPSA) is 73.4 Å². The molecule has 3 aliphatic rings. The third kappa shape index (κ3) is 5.74. The minimum absolute atomic E-state index is 0.0434. The standard InChI is InChI=1S/C24H34N4O4/c29-22-7-8-23(30)28(21-6-2-1-5-20(21)22)10-4-3-9-25-11-13-26(14-12-25)19-24(31)27-15-17-32-18-16-27/h1-2,5-6H,3-4,7-19H2. The first-order valence-corrected chi connectivity index (χ1v) is 11.8. The van der Waals surface area contributed by atoms with Crippen molar-refractivity contribution in [1.82, 2.24) is 14.7 Å². The van der Waals surface area contributed by atoms with Gasteiger partial charge in [-0.2, -0.15) is 0 Å². The zero-order valence-electron chi connectivity index (χ0n) is 18.8. The van der Waals surface area contributed by atoms with Crippen molar-refractivity contribution in [3.05, 3.63) is 29.8 Å². The zero-order chi connectivity index (χ0) is 22.3. The summed E-state index contributed by atoms with van der Waals surface area (Å²) in [6.45, 7) is 8.61. The van der Waals surface area contributed by atoms with Crippen LogP contribution in [0.15, 0.2) is 24.3 Å². The molecule has 0 bridgehead atoms. The molecule has 0 N–H and O–H groups in total. The SMILES string of the molecule is O=C1CCC(=O)N(CCCCN2CCN(CC(=O)N3CCOCC3)CC2)c2ccccc21. The van der Waals surface area contributed by atoms with Crippen LogP contribution in [-0.2, 0) is 14.3 Å². The van der Waals surface area contributed by atoms with E-state index in [1.165, 1.54) is 0 Å². The normalized spacial score (nSPS) is 20.9. The highest BCUT2D eigenvalue weighted by Gasteiger charge is 2.26. The molecular weight excluding hydrogens is 408 g/mol. The molecule has 0 aromatic heterocycles. The van der Waals surface area contributed by atoms with E-state index in [-0.39, 0.29) is 17.6 Å². The van der Waals surface area contributed by atoms with Gasteiger partial charge < -0.3 is 19.4 Å². The number of anilines is 1. The van der Waals surface area contributed by atoms with Crippen molar-refractivity contribution in [2.45, 2.75) is 25.7 Å². The molecule has 4 rings (SSSR count). The highest BCUT2D eigenvalue weighted by molar-refractivity contribution is 6.10. The second-order valence-corrected chi connectivity index (χ2v) is 8.80. The maximum Gasteiger partial charge on any atom is 0.236 e. The molecule has 0 saturated carbocycles. The first-order chi connectivity index (χ1) is 15.6. The summed E-state index contributed by atoms with van der Waals surface area (Å²) in [5.41, 5.74) is 1.43. The van der Waals surface area contributed by atoms with Crippen LogP contribution in [0.25, 0.3) is 0 Å². The predicted octanol–water partition coefficient (Wildman–Crippen LogP) is 1.25. The van der Waals surface area contributed by atoms with Gasteiger partial charge in [0.05, 0.1) is 25.4 Å². The maximum atomic E-state index is 12.6.